The van der Waals surface area contributed by atoms with Gasteiger partial charge >= 0.3 is 24.1 Å². The molecule has 0 fully saturated rings. The molecule has 0 bridgehead atoms. The fourth-order valence-corrected chi connectivity index (χ4v) is 6.52. The molecule has 0 aliphatic carbocycles. The normalized spacial score (nSPS) is 10.6. The zero-order valence-corrected chi connectivity index (χ0v) is 40.1. The highest BCUT2D eigenvalue weighted by molar-refractivity contribution is 5.91. The van der Waals surface area contributed by atoms with Gasteiger partial charge in [0.25, 0.3) is 0 Å². The van der Waals surface area contributed by atoms with Crippen molar-refractivity contribution in [2.24, 2.45) is 0 Å². The molecule has 0 radical (unpaired) electrons. The van der Waals surface area contributed by atoms with E-state index in [1.165, 1.54) is 30.9 Å². The summed E-state index contributed by atoms with van der Waals surface area (Å²) in [6.07, 6.45) is -1.41. The molecule has 0 spiro atoms. The fourth-order valence-electron chi connectivity index (χ4n) is 6.52. The Balaban J connectivity index is 0.000000310. The van der Waals surface area contributed by atoms with Crippen molar-refractivity contribution < 1.29 is 38.1 Å². The first kappa shape index (κ1) is 57.7. The highest BCUT2D eigenvalue weighted by Crippen LogP contribution is 2.08. The first-order valence-electron chi connectivity index (χ1n) is 23.0. The number of amides is 2. The van der Waals surface area contributed by atoms with Gasteiger partial charge in [0.2, 0.25) is 0 Å². The molecule has 0 saturated heterocycles. The zero-order chi connectivity index (χ0) is 49.9. The summed E-state index contributed by atoms with van der Waals surface area (Å²) in [5.41, 5.74) is 6.55. The Kier molecular flexibility index (Phi) is 28.8. The first-order valence-corrected chi connectivity index (χ1v) is 23.0. The highest BCUT2D eigenvalue weighted by Gasteiger charge is 2.25. The third-order valence-electron chi connectivity index (χ3n) is 10.2. The van der Waals surface area contributed by atoms with E-state index in [2.05, 4.69) is 103 Å². The smallest absolute Gasteiger partial charge is 0.412 e. The van der Waals surface area contributed by atoms with Crippen molar-refractivity contribution in [2.75, 3.05) is 46.9 Å². The third kappa shape index (κ3) is 25.5. The van der Waals surface area contributed by atoms with Crippen molar-refractivity contribution in [1.29, 1.82) is 0 Å². The lowest BCUT2D eigenvalue weighted by atomic mass is 10.2. The lowest BCUT2D eigenvalue weighted by Gasteiger charge is -2.27. The van der Waals surface area contributed by atoms with Gasteiger partial charge in [-0.15, -0.1) is 0 Å². The molecule has 0 heterocycles. The van der Waals surface area contributed by atoms with E-state index >= 15 is 0 Å². The number of benzene rings is 6. The molecule has 6 aromatic carbocycles. The van der Waals surface area contributed by atoms with Crippen molar-refractivity contribution in [1.82, 2.24) is 31.5 Å². The predicted molar refractivity (Wildman–Crippen MR) is 279 cm³/mol. The summed E-state index contributed by atoms with van der Waals surface area (Å²) < 4.78 is 19.5. The minimum Gasteiger partial charge on any atom is -0.467 e. The van der Waals surface area contributed by atoms with Crippen molar-refractivity contribution in [3.63, 3.8) is 0 Å². The molecule has 0 aromatic heterocycles. The van der Waals surface area contributed by atoms with Gasteiger partial charge in [0.05, 0.1) is 14.2 Å². The summed E-state index contributed by atoms with van der Waals surface area (Å²) in [5, 5.41) is 15.1. The largest absolute Gasteiger partial charge is 0.467 e. The third-order valence-corrected chi connectivity index (χ3v) is 10.2. The molecule has 0 saturated carbocycles. The van der Waals surface area contributed by atoms with Crippen LogP contribution >= 0.6 is 0 Å². The molecule has 71 heavy (non-hydrogen) atoms. The van der Waals surface area contributed by atoms with Crippen molar-refractivity contribution in [2.45, 2.75) is 52.9 Å². The van der Waals surface area contributed by atoms with Gasteiger partial charge < -0.3 is 40.2 Å². The highest BCUT2D eigenvalue weighted by atomic mass is 16.6. The Hall–Kier alpha value is -7.62. The number of esters is 2. The van der Waals surface area contributed by atoms with Crippen LogP contribution in [0.4, 0.5) is 9.59 Å². The predicted octanol–water partition coefficient (Wildman–Crippen LogP) is 8.55. The second-order valence-corrected chi connectivity index (χ2v) is 15.6. The summed E-state index contributed by atoms with van der Waals surface area (Å²) in [7, 11) is 2.51. The monoisotopic (exact) mass is 967 g/mol. The fraction of sp³-hybridized carbons (Fsp3) is 0.263. The number of methoxy groups -OCH3 is 2. The van der Waals surface area contributed by atoms with Crippen LogP contribution in [0.15, 0.2) is 194 Å². The van der Waals surface area contributed by atoms with Crippen LogP contribution in [0.5, 0.6) is 0 Å². The van der Waals surface area contributed by atoms with Gasteiger partial charge in [-0.25, -0.2) is 19.2 Å². The number of alkyl carbamates (subject to hydrolysis) is 2. The number of carbonyl (C=O) groups is 4. The topological polar surface area (TPSA) is 169 Å². The summed E-state index contributed by atoms with van der Waals surface area (Å²) >= 11 is 0. The van der Waals surface area contributed by atoms with Crippen LogP contribution in [0, 0.1) is 0 Å². The molecule has 0 aliphatic rings. The molecule has 0 aliphatic heterocycles. The second-order valence-electron chi connectivity index (χ2n) is 15.6. The molecule has 6 rings (SSSR count). The Morgan fingerprint density at radius 1 is 0.493 bits per heavy atom. The van der Waals surface area contributed by atoms with E-state index < -0.39 is 30.2 Å². The maximum atomic E-state index is 12.5. The summed E-state index contributed by atoms with van der Waals surface area (Å²) in [5.74, 6) is -1.22. The number of rotatable bonds is 24. The number of hydrogen-bond donors (Lipinski definition) is 5. The van der Waals surface area contributed by atoms with Gasteiger partial charge in [-0.2, -0.15) is 0 Å². The molecule has 2 amide bonds. The minimum absolute atomic E-state index is 0. The Morgan fingerprint density at radius 3 is 1.25 bits per heavy atom. The van der Waals surface area contributed by atoms with E-state index in [0.29, 0.717) is 19.6 Å². The molecule has 14 heteroatoms. The van der Waals surface area contributed by atoms with Crippen LogP contribution < -0.4 is 26.6 Å². The van der Waals surface area contributed by atoms with Gasteiger partial charge in [-0.1, -0.05) is 196 Å². The van der Waals surface area contributed by atoms with Crippen LogP contribution in [0.2, 0.25) is 0 Å². The molecule has 1 unspecified atom stereocenters. The van der Waals surface area contributed by atoms with Crippen molar-refractivity contribution in [3.8, 4) is 0 Å². The molecule has 6 aromatic rings. The SMILES string of the molecule is C.C=C(NC(=O)OCc1ccccc1)C(=O)OC.COC(=O)C(CN(CCNCc1ccccc1)Cc1ccccc1)NC(=O)OCc1ccccc1.c1ccc(CNCCNCc2ccccc2)cc1. The van der Waals surface area contributed by atoms with Gasteiger partial charge in [-0.3, -0.25) is 10.2 Å². The van der Waals surface area contributed by atoms with E-state index in [4.69, 9.17) is 14.2 Å². The van der Waals surface area contributed by atoms with Crippen LogP contribution in [0.25, 0.3) is 0 Å². The number of nitrogens with zero attached hydrogens (tertiary/aromatic N) is 1. The summed E-state index contributed by atoms with van der Waals surface area (Å²) in [6.45, 7) is 10.5. The molecular formula is C57H70N6O8. The second kappa shape index (κ2) is 35.5. The van der Waals surface area contributed by atoms with E-state index in [1.807, 2.05) is 121 Å². The number of nitrogens with one attached hydrogen (secondary N) is 5. The Morgan fingerprint density at radius 2 is 0.859 bits per heavy atom. The number of carbonyl (C=O) groups excluding carboxylic acids is 4. The van der Waals surface area contributed by atoms with E-state index in [-0.39, 0.29) is 32.9 Å². The lowest BCUT2D eigenvalue weighted by Crippen LogP contribution is -2.50. The van der Waals surface area contributed by atoms with Crippen LogP contribution in [0.3, 0.4) is 0 Å². The molecule has 376 valence electrons. The van der Waals surface area contributed by atoms with Gasteiger partial charge in [0, 0.05) is 58.9 Å². The minimum atomic E-state index is -0.860. The van der Waals surface area contributed by atoms with Crippen LogP contribution in [-0.2, 0) is 67.9 Å². The standard InChI is InChI=1S/C28H33N3O4.C16H20N2.C12H13NO4.CH4/c1-34-27(32)26(30-28(33)35-22-25-15-9-4-10-16-25)21-31(20-24-13-7-3-8-14-24)18-17-29-19-23-11-5-2-6-12-23;1-3-7-15(8-4-1)13-17-11-12-18-14-16-9-5-2-6-10-16;1-9(11(14)16-2)13-12(15)17-8-10-6-4-3-5-7-10;/h2-16,26,29H,17-22H2,1H3,(H,30,33);1-10,17-18H,11-14H2;3-7H,1,8H2,2H3,(H,13,15);1H4. The van der Waals surface area contributed by atoms with E-state index in [1.54, 1.807) is 0 Å². The molecule has 1 atom stereocenters. The lowest BCUT2D eigenvalue weighted by molar-refractivity contribution is -0.143. The summed E-state index contributed by atoms with van der Waals surface area (Å²) in [4.78, 5) is 49.2. The number of hydrogen-bond acceptors (Lipinski definition) is 12. The Labute approximate surface area is 419 Å². The molecule has 5 N–H and O–H groups in total. The number of ether oxygens (including phenoxy) is 4. The van der Waals surface area contributed by atoms with E-state index in [9.17, 15) is 19.2 Å². The molecular weight excluding hydrogens is 897 g/mol. The zero-order valence-electron chi connectivity index (χ0n) is 40.1. The quantitative estimate of drug-likeness (QED) is 0.0170. The summed E-state index contributed by atoms with van der Waals surface area (Å²) in [6, 6.07) is 58.9. The van der Waals surface area contributed by atoms with Gasteiger partial charge in [-0.05, 0) is 33.4 Å². The van der Waals surface area contributed by atoms with Crippen molar-refractivity contribution in [3.05, 3.63) is 228 Å². The van der Waals surface area contributed by atoms with Crippen LogP contribution in [-0.4, -0.2) is 82.0 Å². The van der Waals surface area contributed by atoms with Crippen molar-refractivity contribution >= 4 is 24.1 Å². The maximum Gasteiger partial charge on any atom is 0.412 e. The van der Waals surface area contributed by atoms with E-state index in [0.717, 1.165) is 49.4 Å². The maximum absolute atomic E-state index is 12.5. The first-order chi connectivity index (χ1) is 34.2. The Bertz CT molecular complexity index is 2320. The van der Waals surface area contributed by atoms with Gasteiger partial charge in [0.1, 0.15) is 25.0 Å². The average molecular weight is 967 g/mol. The van der Waals surface area contributed by atoms with Gasteiger partial charge in [0.15, 0.2) is 0 Å². The van der Waals surface area contributed by atoms with Crippen LogP contribution in [0.1, 0.15) is 40.8 Å². The average Bonchev–Trinajstić information content (AvgIpc) is 3.41. The molecule has 14 nitrogen and oxygen atoms in total.